The van der Waals surface area contributed by atoms with Gasteiger partial charge in [0.15, 0.2) is 0 Å². The van der Waals surface area contributed by atoms with Crippen molar-refractivity contribution in [1.29, 1.82) is 0 Å². The molecule has 0 bridgehead atoms. The molecule has 0 saturated heterocycles. The normalized spacial score (nSPS) is 57.4. The maximum Gasteiger partial charge on any atom is -0.0380 e. The van der Waals surface area contributed by atoms with Crippen LogP contribution in [0.1, 0.15) is 116 Å². The van der Waals surface area contributed by atoms with Crippen molar-refractivity contribution in [1.82, 2.24) is 0 Å². The van der Waals surface area contributed by atoms with Gasteiger partial charge in [0.25, 0.3) is 0 Å². The Morgan fingerprint density at radius 3 is 0.469 bits per heavy atom. The summed E-state index contributed by atoms with van der Waals surface area (Å²) in [5.74, 6) is 16.5. The molecule has 0 unspecified atom stereocenters. The van der Waals surface area contributed by atoms with Crippen LogP contribution in [0.5, 0.6) is 0 Å². The third-order valence-electron chi connectivity index (χ3n) is 14.2. The predicted molar refractivity (Wildman–Crippen MR) is 132 cm³/mol. The second kappa shape index (κ2) is 7.75. The third kappa shape index (κ3) is 3.26. The standard InChI is InChI=1S/C32H50/c1-3-19(4-1)21-7-23(8-21)25-11-27(12-25)29-15-31(16-29)32-17-30(18-32)28-13-26(14-28)24-9-22(10-24)20-5-2-6-20/h19-32H,1-18H2. The van der Waals surface area contributed by atoms with Gasteiger partial charge in [-0.2, -0.15) is 0 Å². The van der Waals surface area contributed by atoms with Crippen molar-refractivity contribution in [3.8, 4) is 0 Å². The first kappa shape index (κ1) is 20.2. The molecule has 0 N–H and O–H groups in total. The van der Waals surface area contributed by atoms with Crippen molar-refractivity contribution in [2.45, 2.75) is 116 Å². The number of rotatable bonds is 7. The van der Waals surface area contributed by atoms with E-state index in [4.69, 9.17) is 0 Å². The largest absolute Gasteiger partial charge is 0.0528 e. The van der Waals surface area contributed by atoms with Gasteiger partial charge in [0.2, 0.25) is 0 Å². The Kier molecular flexibility index (Phi) is 4.90. The van der Waals surface area contributed by atoms with E-state index in [0.717, 1.165) is 0 Å². The van der Waals surface area contributed by atoms with E-state index < -0.39 is 0 Å². The minimum atomic E-state index is 1.17. The fourth-order valence-electron chi connectivity index (χ4n) is 10.7. The highest BCUT2D eigenvalue weighted by Gasteiger charge is 2.53. The summed E-state index contributed by atoms with van der Waals surface area (Å²) in [6.45, 7) is 0. The van der Waals surface area contributed by atoms with Crippen molar-refractivity contribution in [2.75, 3.05) is 0 Å². The summed E-state index contributed by atoms with van der Waals surface area (Å²) < 4.78 is 0. The highest BCUT2D eigenvalue weighted by molar-refractivity contribution is 5.03. The van der Waals surface area contributed by atoms with Gasteiger partial charge in [0.05, 0.1) is 0 Å². The van der Waals surface area contributed by atoms with Gasteiger partial charge in [-0.1, -0.05) is 38.5 Å². The van der Waals surface area contributed by atoms with E-state index in [0.29, 0.717) is 0 Å². The zero-order valence-electron chi connectivity index (χ0n) is 20.8. The fraction of sp³-hybridized carbons (Fsp3) is 1.00. The van der Waals surface area contributed by atoms with Crippen LogP contribution in [-0.2, 0) is 0 Å². The van der Waals surface area contributed by atoms with Crippen LogP contribution in [0, 0.1) is 82.9 Å². The SMILES string of the molecule is C1CC(C2CC(C3CC(C4CC(C5CC(C6CC(C7CC(C8CCC8)C7)C6)C5)C4)C3)C2)C1. The van der Waals surface area contributed by atoms with Gasteiger partial charge < -0.3 is 0 Å². The minimum absolute atomic E-state index is 1.17. The molecule has 8 rings (SSSR count). The second-order valence-electron chi connectivity index (χ2n) is 15.3. The summed E-state index contributed by atoms with van der Waals surface area (Å²) in [5.41, 5.74) is 0. The molecule has 0 radical (unpaired) electrons. The number of hydrogen-bond donors (Lipinski definition) is 0. The van der Waals surface area contributed by atoms with Gasteiger partial charge in [-0.05, 0) is 160 Å². The van der Waals surface area contributed by atoms with Crippen molar-refractivity contribution >= 4 is 0 Å². The van der Waals surface area contributed by atoms with Gasteiger partial charge in [-0.3, -0.25) is 0 Å². The van der Waals surface area contributed by atoms with E-state index >= 15 is 0 Å². The highest BCUT2D eigenvalue weighted by Crippen LogP contribution is 2.62. The van der Waals surface area contributed by atoms with Crippen LogP contribution in [0.2, 0.25) is 0 Å². The Morgan fingerprint density at radius 1 is 0.188 bits per heavy atom. The maximum absolute atomic E-state index is 1.65. The van der Waals surface area contributed by atoms with Crippen molar-refractivity contribution in [3.63, 3.8) is 0 Å². The fourth-order valence-corrected chi connectivity index (χ4v) is 10.7. The summed E-state index contributed by atoms with van der Waals surface area (Å²) in [7, 11) is 0. The van der Waals surface area contributed by atoms with E-state index in [9.17, 15) is 0 Å². The molecule has 0 nitrogen and oxygen atoms in total. The first-order chi connectivity index (χ1) is 15.8. The molecule has 0 amide bonds. The van der Waals surface area contributed by atoms with Gasteiger partial charge in [0.1, 0.15) is 0 Å². The van der Waals surface area contributed by atoms with Crippen LogP contribution >= 0.6 is 0 Å². The Balaban J connectivity index is 0.697. The lowest BCUT2D eigenvalue weighted by atomic mass is 9.47. The van der Waals surface area contributed by atoms with Gasteiger partial charge >= 0.3 is 0 Å². The average molecular weight is 435 g/mol. The molecule has 0 spiro atoms. The van der Waals surface area contributed by atoms with Crippen LogP contribution < -0.4 is 0 Å². The molecule has 178 valence electrons. The summed E-state index contributed by atoms with van der Waals surface area (Å²) in [5, 5.41) is 0. The summed E-state index contributed by atoms with van der Waals surface area (Å²) in [6.07, 6.45) is 29.2. The minimum Gasteiger partial charge on any atom is -0.0528 e. The molecule has 8 saturated carbocycles. The predicted octanol–water partition coefficient (Wildman–Crippen LogP) is 8.74. The van der Waals surface area contributed by atoms with Crippen LogP contribution in [0.4, 0.5) is 0 Å². The van der Waals surface area contributed by atoms with Crippen LogP contribution in [-0.4, -0.2) is 0 Å². The van der Waals surface area contributed by atoms with E-state index in [1.165, 1.54) is 82.9 Å². The van der Waals surface area contributed by atoms with Crippen LogP contribution in [0.25, 0.3) is 0 Å². The smallest absolute Gasteiger partial charge is 0.0380 e. The van der Waals surface area contributed by atoms with Crippen LogP contribution in [0.15, 0.2) is 0 Å². The molecule has 0 atom stereocenters. The van der Waals surface area contributed by atoms with Gasteiger partial charge in [-0.15, -0.1) is 0 Å². The molecule has 0 aromatic carbocycles. The second-order valence-corrected chi connectivity index (χ2v) is 15.3. The molecule has 8 aliphatic carbocycles. The highest BCUT2D eigenvalue weighted by atomic mass is 14.6. The lowest BCUT2D eigenvalue weighted by Crippen LogP contribution is -2.49. The summed E-state index contributed by atoms with van der Waals surface area (Å²) >= 11 is 0. The lowest BCUT2D eigenvalue weighted by Gasteiger charge is -2.58. The quantitative estimate of drug-likeness (QED) is 0.375. The first-order valence-electron chi connectivity index (χ1n) is 15.8. The Labute approximate surface area is 198 Å². The molecule has 0 heterocycles. The van der Waals surface area contributed by atoms with Crippen molar-refractivity contribution < 1.29 is 0 Å². The lowest BCUT2D eigenvalue weighted by molar-refractivity contribution is -0.0816. The molecular weight excluding hydrogens is 384 g/mol. The van der Waals surface area contributed by atoms with E-state index in [2.05, 4.69) is 0 Å². The molecule has 8 aliphatic rings. The Hall–Kier alpha value is 0. The molecule has 32 heavy (non-hydrogen) atoms. The average Bonchev–Trinajstić information content (AvgIpc) is 2.47. The molecule has 8 fully saturated rings. The topological polar surface area (TPSA) is 0 Å². The third-order valence-corrected chi connectivity index (χ3v) is 14.2. The number of hydrogen-bond acceptors (Lipinski definition) is 0. The monoisotopic (exact) mass is 434 g/mol. The van der Waals surface area contributed by atoms with Crippen molar-refractivity contribution in [2.24, 2.45) is 82.9 Å². The van der Waals surface area contributed by atoms with E-state index in [-0.39, 0.29) is 0 Å². The zero-order valence-corrected chi connectivity index (χ0v) is 20.8. The molecular formula is C32H50. The molecule has 0 aromatic rings. The van der Waals surface area contributed by atoms with E-state index in [1.54, 1.807) is 116 Å². The van der Waals surface area contributed by atoms with Crippen molar-refractivity contribution in [3.05, 3.63) is 0 Å². The van der Waals surface area contributed by atoms with Gasteiger partial charge in [-0.25, -0.2) is 0 Å². The molecule has 0 aliphatic heterocycles. The van der Waals surface area contributed by atoms with Gasteiger partial charge in [0, 0.05) is 0 Å². The Morgan fingerprint density at radius 2 is 0.344 bits per heavy atom. The molecule has 0 heteroatoms. The van der Waals surface area contributed by atoms with Crippen LogP contribution in [0.3, 0.4) is 0 Å². The molecule has 0 aromatic heterocycles. The zero-order chi connectivity index (χ0) is 20.8. The summed E-state index contributed by atoms with van der Waals surface area (Å²) in [6, 6.07) is 0. The maximum atomic E-state index is 1.65. The first-order valence-corrected chi connectivity index (χ1v) is 15.8. The summed E-state index contributed by atoms with van der Waals surface area (Å²) in [4.78, 5) is 0. The Bertz CT molecular complexity index is 605. The van der Waals surface area contributed by atoms with E-state index in [1.807, 2.05) is 0 Å².